The summed E-state index contributed by atoms with van der Waals surface area (Å²) in [6, 6.07) is 26.5. The van der Waals surface area contributed by atoms with Gasteiger partial charge in [-0.1, -0.05) is 81.4 Å². The Kier molecular flexibility index (Phi) is 5.62. The summed E-state index contributed by atoms with van der Waals surface area (Å²) >= 11 is 0. The first-order valence-electron chi connectivity index (χ1n) is 9.00. The molecule has 26 heavy (non-hydrogen) atoms. The molecule has 0 aliphatic carbocycles. The van der Waals surface area contributed by atoms with Gasteiger partial charge in [0.05, 0.1) is 0 Å². The molecule has 0 N–H and O–H groups in total. The first-order chi connectivity index (χ1) is 12.5. The first-order valence-corrected chi connectivity index (χ1v) is 9.00. The average Bonchev–Trinajstić information content (AvgIpc) is 2.66. The van der Waals surface area contributed by atoms with Crippen LogP contribution in [0.15, 0.2) is 78.9 Å². The maximum atomic E-state index is 6.11. The average molecular weight is 346 g/mol. The van der Waals surface area contributed by atoms with Gasteiger partial charge in [0, 0.05) is 5.56 Å². The third-order valence-corrected chi connectivity index (χ3v) is 4.24. The molecule has 0 atom stereocenters. The van der Waals surface area contributed by atoms with E-state index in [4.69, 9.17) is 9.47 Å². The van der Waals surface area contributed by atoms with Gasteiger partial charge in [-0.05, 0) is 34.7 Å². The zero-order chi connectivity index (χ0) is 18.4. The van der Waals surface area contributed by atoms with Crippen molar-refractivity contribution in [2.75, 3.05) is 0 Å². The quantitative estimate of drug-likeness (QED) is 0.533. The molecule has 3 rings (SSSR count). The topological polar surface area (TPSA) is 18.5 Å². The zero-order valence-corrected chi connectivity index (χ0v) is 15.7. The van der Waals surface area contributed by atoms with Crippen molar-refractivity contribution in [3.8, 4) is 11.5 Å². The molecule has 3 aromatic rings. The van der Waals surface area contributed by atoms with Gasteiger partial charge < -0.3 is 9.47 Å². The van der Waals surface area contributed by atoms with Crippen LogP contribution >= 0.6 is 0 Å². The highest BCUT2D eigenvalue weighted by atomic mass is 16.5. The maximum absolute atomic E-state index is 6.11. The fourth-order valence-electron chi connectivity index (χ4n) is 2.79. The van der Waals surface area contributed by atoms with Crippen molar-refractivity contribution in [1.29, 1.82) is 0 Å². The van der Waals surface area contributed by atoms with Crippen LogP contribution in [0, 0.1) is 0 Å². The van der Waals surface area contributed by atoms with E-state index in [2.05, 4.69) is 51.1 Å². The minimum Gasteiger partial charge on any atom is -0.489 e. The lowest BCUT2D eigenvalue weighted by Gasteiger charge is -2.24. The normalized spacial score (nSPS) is 11.2. The number of ether oxygens (including phenoxy) is 2. The van der Waals surface area contributed by atoms with Crippen LogP contribution in [0.1, 0.15) is 37.5 Å². The Morgan fingerprint density at radius 2 is 1.19 bits per heavy atom. The molecule has 0 aliphatic heterocycles. The standard InChI is InChI=1S/C24H26O2/c1-24(2,3)22-16-21(25-17-19-10-6-4-7-11-19)14-15-23(22)26-18-20-12-8-5-9-13-20/h4-16H,17-18H2,1-3H3. The predicted molar refractivity (Wildman–Crippen MR) is 107 cm³/mol. The molecule has 0 heterocycles. The van der Waals surface area contributed by atoms with Crippen molar-refractivity contribution in [3.63, 3.8) is 0 Å². The fourth-order valence-corrected chi connectivity index (χ4v) is 2.79. The summed E-state index contributed by atoms with van der Waals surface area (Å²) in [5.41, 5.74) is 3.45. The van der Waals surface area contributed by atoms with E-state index in [1.54, 1.807) is 0 Å². The Balaban J connectivity index is 1.75. The minimum absolute atomic E-state index is 0.0296. The Bertz CT molecular complexity index is 818. The van der Waals surface area contributed by atoms with E-state index < -0.39 is 0 Å². The molecule has 0 amide bonds. The van der Waals surface area contributed by atoms with Gasteiger partial charge >= 0.3 is 0 Å². The zero-order valence-electron chi connectivity index (χ0n) is 15.7. The highest BCUT2D eigenvalue weighted by Crippen LogP contribution is 2.35. The summed E-state index contributed by atoms with van der Waals surface area (Å²) in [6.07, 6.45) is 0. The van der Waals surface area contributed by atoms with Crippen LogP contribution in [0.4, 0.5) is 0 Å². The molecule has 0 saturated carbocycles. The molecule has 0 spiro atoms. The molecule has 134 valence electrons. The maximum Gasteiger partial charge on any atom is 0.123 e. The van der Waals surface area contributed by atoms with E-state index in [0.717, 1.165) is 28.2 Å². The Morgan fingerprint density at radius 1 is 0.654 bits per heavy atom. The van der Waals surface area contributed by atoms with Gasteiger partial charge in [0.25, 0.3) is 0 Å². The number of benzene rings is 3. The van der Waals surface area contributed by atoms with Crippen LogP contribution in [-0.4, -0.2) is 0 Å². The van der Waals surface area contributed by atoms with Crippen LogP contribution in [0.5, 0.6) is 11.5 Å². The van der Waals surface area contributed by atoms with E-state index >= 15 is 0 Å². The Labute approximate surface area is 156 Å². The van der Waals surface area contributed by atoms with Crippen LogP contribution in [0.3, 0.4) is 0 Å². The molecule has 3 aromatic carbocycles. The molecule has 0 aromatic heterocycles. The number of hydrogen-bond donors (Lipinski definition) is 0. The summed E-state index contributed by atoms with van der Waals surface area (Å²) in [5, 5.41) is 0. The molecule has 2 heteroatoms. The SMILES string of the molecule is CC(C)(C)c1cc(OCc2ccccc2)ccc1OCc1ccccc1. The van der Waals surface area contributed by atoms with E-state index in [0.29, 0.717) is 13.2 Å². The summed E-state index contributed by atoms with van der Waals surface area (Å²) < 4.78 is 12.1. The van der Waals surface area contributed by atoms with Gasteiger partial charge in [-0.2, -0.15) is 0 Å². The van der Waals surface area contributed by atoms with Crippen LogP contribution < -0.4 is 9.47 Å². The van der Waals surface area contributed by atoms with Crippen LogP contribution in [0.2, 0.25) is 0 Å². The lowest BCUT2D eigenvalue weighted by molar-refractivity contribution is 0.289. The van der Waals surface area contributed by atoms with Crippen LogP contribution in [-0.2, 0) is 18.6 Å². The molecule has 0 fully saturated rings. The van der Waals surface area contributed by atoms with Gasteiger partial charge in [-0.3, -0.25) is 0 Å². The summed E-state index contributed by atoms with van der Waals surface area (Å²) in [4.78, 5) is 0. The predicted octanol–water partition coefficient (Wildman–Crippen LogP) is 6.14. The third kappa shape index (κ3) is 4.89. The van der Waals surface area contributed by atoms with Crippen molar-refractivity contribution in [2.24, 2.45) is 0 Å². The van der Waals surface area contributed by atoms with Crippen molar-refractivity contribution < 1.29 is 9.47 Å². The van der Waals surface area contributed by atoms with E-state index in [1.165, 1.54) is 0 Å². The Morgan fingerprint density at radius 3 is 1.73 bits per heavy atom. The molecule has 0 aliphatic rings. The molecule has 0 radical (unpaired) electrons. The molecular formula is C24H26O2. The second-order valence-corrected chi connectivity index (χ2v) is 7.46. The molecule has 0 saturated heterocycles. The largest absolute Gasteiger partial charge is 0.489 e. The second-order valence-electron chi connectivity index (χ2n) is 7.46. The van der Waals surface area contributed by atoms with Gasteiger partial charge in [0.2, 0.25) is 0 Å². The van der Waals surface area contributed by atoms with E-state index in [9.17, 15) is 0 Å². The van der Waals surface area contributed by atoms with E-state index in [-0.39, 0.29) is 5.41 Å². The molecule has 0 unspecified atom stereocenters. The highest BCUT2D eigenvalue weighted by Gasteiger charge is 2.20. The second kappa shape index (κ2) is 8.09. The number of hydrogen-bond acceptors (Lipinski definition) is 2. The summed E-state index contributed by atoms with van der Waals surface area (Å²) in [5.74, 6) is 1.78. The monoisotopic (exact) mass is 346 g/mol. The lowest BCUT2D eigenvalue weighted by atomic mass is 9.86. The van der Waals surface area contributed by atoms with Gasteiger partial charge in [-0.15, -0.1) is 0 Å². The van der Waals surface area contributed by atoms with Crippen molar-refractivity contribution in [1.82, 2.24) is 0 Å². The first kappa shape index (κ1) is 18.1. The third-order valence-electron chi connectivity index (χ3n) is 4.24. The summed E-state index contributed by atoms with van der Waals surface area (Å²) in [6.45, 7) is 7.71. The Hall–Kier alpha value is -2.74. The van der Waals surface area contributed by atoms with Crippen LogP contribution in [0.25, 0.3) is 0 Å². The van der Waals surface area contributed by atoms with Gasteiger partial charge in [0.1, 0.15) is 24.7 Å². The van der Waals surface area contributed by atoms with Gasteiger partial charge in [-0.25, -0.2) is 0 Å². The fraction of sp³-hybridized carbons (Fsp3) is 0.250. The summed E-state index contributed by atoms with van der Waals surface area (Å²) in [7, 11) is 0. The van der Waals surface area contributed by atoms with Crippen molar-refractivity contribution in [3.05, 3.63) is 95.6 Å². The van der Waals surface area contributed by atoms with Gasteiger partial charge in [0.15, 0.2) is 0 Å². The van der Waals surface area contributed by atoms with E-state index in [1.807, 2.05) is 48.5 Å². The van der Waals surface area contributed by atoms with Crippen molar-refractivity contribution >= 4 is 0 Å². The molecule has 2 nitrogen and oxygen atoms in total. The molecule has 0 bridgehead atoms. The minimum atomic E-state index is -0.0296. The molecular weight excluding hydrogens is 320 g/mol. The number of rotatable bonds is 6. The van der Waals surface area contributed by atoms with Crippen molar-refractivity contribution in [2.45, 2.75) is 39.4 Å². The smallest absolute Gasteiger partial charge is 0.123 e. The lowest BCUT2D eigenvalue weighted by Crippen LogP contribution is -2.14. The highest BCUT2D eigenvalue weighted by molar-refractivity contribution is 5.44.